The summed E-state index contributed by atoms with van der Waals surface area (Å²) < 4.78 is 16.3. The van der Waals surface area contributed by atoms with Crippen LogP contribution in [0.2, 0.25) is 0 Å². The fourth-order valence-corrected chi connectivity index (χ4v) is 3.25. The molecule has 6 heteroatoms. The van der Waals surface area contributed by atoms with Crippen LogP contribution in [0.4, 0.5) is 0 Å². The van der Waals surface area contributed by atoms with Crippen molar-refractivity contribution in [3.8, 4) is 17.2 Å². The van der Waals surface area contributed by atoms with Gasteiger partial charge in [-0.2, -0.15) is 0 Å². The number of amides is 1. The highest BCUT2D eigenvalue weighted by molar-refractivity contribution is 5.95. The Hall–Kier alpha value is -2.73. The Morgan fingerprint density at radius 3 is 2.25 bits per heavy atom. The van der Waals surface area contributed by atoms with Gasteiger partial charge in [0.1, 0.15) is 12.4 Å². The van der Waals surface area contributed by atoms with E-state index in [9.17, 15) is 4.79 Å². The van der Waals surface area contributed by atoms with Crippen LogP contribution in [0.3, 0.4) is 0 Å². The summed E-state index contributed by atoms with van der Waals surface area (Å²) in [6, 6.07) is 13.4. The summed E-state index contributed by atoms with van der Waals surface area (Å²) in [6.07, 6.45) is 0. The molecule has 2 aromatic carbocycles. The zero-order valence-electron chi connectivity index (χ0n) is 16.8. The molecule has 1 heterocycles. The van der Waals surface area contributed by atoms with Crippen molar-refractivity contribution in [2.24, 2.45) is 0 Å². The van der Waals surface area contributed by atoms with Crippen molar-refractivity contribution in [3.63, 3.8) is 0 Å². The molecule has 0 N–H and O–H groups in total. The van der Waals surface area contributed by atoms with E-state index in [1.54, 1.807) is 32.4 Å². The largest absolute Gasteiger partial charge is 0.493 e. The molecule has 1 aliphatic rings. The number of nitrogens with zero attached hydrogens (tertiary/aromatic N) is 2. The second kappa shape index (κ2) is 9.46. The van der Waals surface area contributed by atoms with E-state index >= 15 is 0 Å². The molecule has 150 valence electrons. The molecule has 0 spiro atoms. The fourth-order valence-electron chi connectivity index (χ4n) is 3.25. The lowest BCUT2D eigenvalue weighted by Crippen LogP contribution is -2.49. The van der Waals surface area contributed by atoms with Crippen LogP contribution in [0.1, 0.15) is 15.9 Å². The molecule has 3 rings (SSSR count). The third-order valence-electron chi connectivity index (χ3n) is 4.99. The van der Waals surface area contributed by atoms with Crippen molar-refractivity contribution in [2.75, 3.05) is 53.6 Å². The average Bonchev–Trinajstić information content (AvgIpc) is 2.74. The lowest BCUT2D eigenvalue weighted by atomic mass is 10.1. The second-order valence-electron chi connectivity index (χ2n) is 6.87. The molecule has 1 amide bonds. The van der Waals surface area contributed by atoms with E-state index in [0.717, 1.165) is 25.4 Å². The number of methoxy groups -OCH3 is 2. The van der Waals surface area contributed by atoms with Gasteiger partial charge in [-0.15, -0.1) is 0 Å². The molecule has 0 aromatic heterocycles. The van der Waals surface area contributed by atoms with Crippen molar-refractivity contribution in [3.05, 3.63) is 53.6 Å². The lowest BCUT2D eigenvalue weighted by molar-refractivity contribution is 0.0620. The molecule has 6 nitrogen and oxygen atoms in total. The SMILES string of the molecule is COc1ccc(C(=O)N2CCN(CCOc3ccc(C)cc3)CC2)cc1OC. The number of benzene rings is 2. The maximum atomic E-state index is 12.8. The standard InChI is InChI=1S/C22H28N2O4/c1-17-4-7-19(8-5-17)28-15-14-23-10-12-24(13-11-23)22(25)18-6-9-20(26-2)21(16-18)27-3/h4-9,16H,10-15H2,1-3H3. The van der Waals surface area contributed by atoms with Crippen LogP contribution in [0.15, 0.2) is 42.5 Å². The molecule has 28 heavy (non-hydrogen) atoms. The van der Waals surface area contributed by atoms with Gasteiger partial charge >= 0.3 is 0 Å². The van der Waals surface area contributed by atoms with Gasteiger partial charge in [0.25, 0.3) is 5.91 Å². The smallest absolute Gasteiger partial charge is 0.254 e. The van der Waals surface area contributed by atoms with E-state index in [4.69, 9.17) is 14.2 Å². The van der Waals surface area contributed by atoms with Crippen LogP contribution >= 0.6 is 0 Å². The number of piperazine rings is 1. The van der Waals surface area contributed by atoms with Crippen LogP contribution in [0, 0.1) is 6.92 Å². The van der Waals surface area contributed by atoms with Gasteiger partial charge in [-0.3, -0.25) is 9.69 Å². The predicted molar refractivity (Wildman–Crippen MR) is 109 cm³/mol. The number of hydrogen-bond acceptors (Lipinski definition) is 5. The molecular formula is C22H28N2O4. The van der Waals surface area contributed by atoms with Gasteiger partial charge in [-0.05, 0) is 37.3 Å². The Kier molecular flexibility index (Phi) is 6.76. The molecule has 1 fully saturated rings. The van der Waals surface area contributed by atoms with Crippen LogP contribution in [-0.2, 0) is 0 Å². The Morgan fingerprint density at radius 2 is 1.61 bits per heavy atom. The topological polar surface area (TPSA) is 51.2 Å². The molecule has 0 unspecified atom stereocenters. The quantitative estimate of drug-likeness (QED) is 0.735. The third-order valence-corrected chi connectivity index (χ3v) is 4.99. The Labute approximate surface area is 166 Å². The molecule has 0 bridgehead atoms. The third kappa shape index (κ3) is 4.95. The Bertz CT molecular complexity index is 784. The molecule has 1 aliphatic heterocycles. The van der Waals surface area contributed by atoms with Crippen LogP contribution < -0.4 is 14.2 Å². The van der Waals surface area contributed by atoms with Crippen molar-refractivity contribution in [1.82, 2.24) is 9.80 Å². The first-order valence-corrected chi connectivity index (χ1v) is 9.54. The van der Waals surface area contributed by atoms with Gasteiger partial charge in [0.15, 0.2) is 11.5 Å². The number of carbonyl (C=O) groups excluding carboxylic acids is 1. The van der Waals surface area contributed by atoms with Crippen LogP contribution in [0.25, 0.3) is 0 Å². The highest BCUT2D eigenvalue weighted by atomic mass is 16.5. The normalized spacial score (nSPS) is 14.6. The fraction of sp³-hybridized carbons (Fsp3) is 0.409. The zero-order chi connectivity index (χ0) is 19.9. The minimum atomic E-state index is 0.0245. The van der Waals surface area contributed by atoms with Crippen LogP contribution in [-0.4, -0.2) is 69.3 Å². The summed E-state index contributed by atoms with van der Waals surface area (Å²) in [5.41, 5.74) is 1.84. The first-order valence-electron chi connectivity index (χ1n) is 9.54. The van der Waals surface area contributed by atoms with Crippen molar-refractivity contribution < 1.29 is 19.0 Å². The van der Waals surface area contributed by atoms with Crippen molar-refractivity contribution in [2.45, 2.75) is 6.92 Å². The van der Waals surface area contributed by atoms with E-state index in [-0.39, 0.29) is 5.91 Å². The monoisotopic (exact) mass is 384 g/mol. The van der Waals surface area contributed by atoms with E-state index in [1.165, 1.54) is 5.56 Å². The van der Waals surface area contributed by atoms with E-state index in [1.807, 2.05) is 29.2 Å². The first-order chi connectivity index (χ1) is 13.6. The number of hydrogen-bond donors (Lipinski definition) is 0. The van der Waals surface area contributed by atoms with Gasteiger partial charge in [0.05, 0.1) is 14.2 Å². The minimum absolute atomic E-state index is 0.0245. The predicted octanol–water partition coefficient (Wildman–Crippen LogP) is 2.85. The van der Waals surface area contributed by atoms with Crippen LogP contribution in [0.5, 0.6) is 17.2 Å². The summed E-state index contributed by atoms with van der Waals surface area (Å²) in [5, 5.41) is 0. The maximum absolute atomic E-state index is 12.8. The number of rotatable bonds is 7. The van der Waals surface area contributed by atoms with Gasteiger partial charge in [0, 0.05) is 38.3 Å². The Balaban J connectivity index is 1.46. The molecule has 0 aliphatic carbocycles. The number of carbonyl (C=O) groups is 1. The van der Waals surface area contributed by atoms with Gasteiger partial charge < -0.3 is 19.1 Å². The summed E-state index contributed by atoms with van der Waals surface area (Å²) in [6.45, 7) is 6.66. The van der Waals surface area contributed by atoms with E-state index in [2.05, 4.69) is 11.8 Å². The summed E-state index contributed by atoms with van der Waals surface area (Å²) in [4.78, 5) is 17.0. The summed E-state index contributed by atoms with van der Waals surface area (Å²) in [7, 11) is 3.16. The highest BCUT2D eigenvalue weighted by Crippen LogP contribution is 2.28. The molecule has 0 saturated carbocycles. The molecule has 1 saturated heterocycles. The van der Waals surface area contributed by atoms with Gasteiger partial charge in [-0.25, -0.2) is 0 Å². The number of ether oxygens (including phenoxy) is 3. The first kappa shape index (κ1) is 20.0. The van der Waals surface area contributed by atoms with Crippen molar-refractivity contribution >= 4 is 5.91 Å². The zero-order valence-corrected chi connectivity index (χ0v) is 16.8. The van der Waals surface area contributed by atoms with E-state index < -0.39 is 0 Å². The average molecular weight is 384 g/mol. The summed E-state index contributed by atoms with van der Waals surface area (Å²) >= 11 is 0. The second-order valence-corrected chi connectivity index (χ2v) is 6.87. The molecular weight excluding hydrogens is 356 g/mol. The Morgan fingerprint density at radius 1 is 0.929 bits per heavy atom. The summed E-state index contributed by atoms with van der Waals surface area (Å²) in [5.74, 6) is 2.11. The minimum Gasteiger partial charge on any atom is -0.493 e. The molecule has 0 radical (unpaired) electrons. The van der Waals surface area contributed by atoms with Crippen molar-refractivity contribution in [1.29, 1.82) is 0 Å². The lowest BCUT2D eigenvalue weighted by Gasteiger charge is -2.34. The van der Waals surface area contributed by atoms with Gasteiger partial charge in [-0.1, -0.05) is 17.7 Å². The van der Waals surface area contributed by atoms with Gasteiger partial charge in [0.2, 0.25) is 0 Å². The maximum Gasteiger partial charge on any atom is 0.254 e. The molecule has 2 aromatic rings. The van der Waals surface area contributed by atoms with E-state index in [0.29, 0.717) is 36.8 Å². The number of aryl methyl sites for hydroxylation is 1. The molecule has 0 atom stereocenters. The highest BCUT2D eigenvalue weighted by Gasteiger charge is 2.23.